The van der Waals surface area contributed by atoms with Gasteiger partial charge in [0.1, 0.15) is 0 Å². The van der Waals surface area contributed by atoms with Gasteiger partial charge in [-0.1, -0.05) is 60.7 Å². The van der Waals surface area contributed by atoms with Gasteiger partial charge in [-0.2, -0.15) is 18.6 Å². The Hall–Kier alpha value is -4.65. The highest BCUT2D eigenvalue weighted by molar-refractivity contribution is 7.85. The Bertz CT molecular complexity index is 2320. The summed E-state index contributed by atoms with van der Waals surface area (Å²) < 4.78 is 31.7. The number of nitrogens with zero attached hydrogens (tertiary/aromatic N) is 2. The van der Waals surface area contributed by atoms with E-state index in [0.717, 1.165) is 18.4 Å². The molecule has 0 saturated heterocycles. The highest BCUT2D eigenvalue weighted by atomic mass is 32.2. The van der Waals surface area contributed by atoms with Gasteiger partial charge in [-0.3, -0.25) is 4.55 Å². The number of benzene rings is 7. The van der Waals surface area contributed by atoms with Gasteiger partial charge in [0.15, 0.2) is 0 Å². The summed E-state index contributed by atoms with van der Waals surface area (Å²) in [5.41, 5.74) is 4.95. The molecule has 0 fully saturated rings. The van der Waals surface area contributed by atoms with Crippen molar-refractivity contribution in [3.8, 4) is 11.1 Å². The summed E-state index contributed by atoms with van der Waals surface area (Å²) in [6.07, 6.45) is 4.52. The summed E-state index contributed by atoms with van der Waals surface area (Å²) in [4.78, 5) is -0.175. The van der Waals surface area contributed by atoms with Crippen LogP contribution in [0, 0.1) is 0 Å². The van der Waals surface area contributed by atoms with E-state index in [0.29, 0.717) is 11.4 Å². The van der Waals surface area contributed by atoms with Crippen molar-refractivity contribution in [2.24, 2.45) is 10.2 Å². The van der Waals surface area contributed by atoms with Crippen molar-refractivity contribution >= 4 is 70.7 Å². The predicted molar refractivity (Wildman–Crippen MR) is 162 cm³/mol. The van der Waals surface area contributed by atoms with E-state index in [2.05, 4.69) is 77.0 Å². The molecule has 1 aliphatic carbocycles. The van der Waals surface area contributed by atoms with Crippen LogP contribution in [0.25, 0.3) is 60.3 Å². The largest absolute Gasteiger partial charge is 0.294 e. The van der Waals surface area contributed by atoms with Crippen LogP contribution in [-0.2, 0) is 16.5 Å². The van der Waals surface area contributed by atoms with Crippen LogP contribution in [0.3, 0.4) is 0 Å². The minimum Gasteiger partial charge on any atom is -0.282 e. The summed E-state index contributed by atoms with van der Waals surface area (Å²) in [7, 11) is -4.24. The van der Waals surface area contributed by atoms with Gasteiger partial charge in [0.25, 0.3) is 10.1 Å². The molecule has 0 saturated carbocycles. The number of azo groups is 1. The van der Waals surface area contributed by atoms with Gasteiger partial charge in [-0.25, -0.2) is 0 Å². The van der Waals surface area contributed by atoms with E-state index in [1.165, 1.54) is 83.7 Å². The second-order valence-corrected chi connectivity index (χ2v) is 11.8. The molecule has 40 heavy (non-hydrogen) atoms. The molecule has 6 heteroatoms. The van der Waals surface area contributed by atoms with Gasteiger partial charge >= 0.3 is 0 Å². The second kappa shape index (κ2) is 8.42. The van der Waals surface area contributed by atoms with E-state index in [9.17, 15) is 13.0 Å². The zero-order valence-electron chi connectivity index (χ0n) is 21.3. The second-order valence-electron chi connectivity index (χ2n) is 10.4. The van der Waals surface area contributed by atoms with E-state index in [1.807, 2.05) is 12.1 Å². The van der Waals surface area contributed by atoms with Gasteiger partial charge in [0, 0.05) is 0 Å². The van der Waals surface area contributed by atoms with Crippen LogP contribution < -0.4 is 5.22 Å². The lowest BCUT2D eigenvalue weighted by Crippen LogP contribution is -2.11. The Balaban J connectivity index is 1.30. The van der Waals surface area contributed by atoms with Crippen molar-refractivity contribution in [1.29, 1.82) is 0 Å². The van der Waals surface area contributed by atoms with E-state index in [-0.39, 0.29) is 4.90 Å². The van der Waals surface area contributed by atoms with Gasteiger partial charge in [0.2, 0.25) is 0 Å². The average molecular weight is 539 g/mol. The minimum absolute atomic E-state index is 0.175. The summed E-state index contributed by atoms with van der Waals surface area (Å²) in [5, 5.41) is 20.4. The Morgan fingerprint density at radius 3 is 2.10 bits per heavy atom. The topological polar surface area (TPSA) is 79.1 Å². The van der Waals surface area contributed by atoms with E-state index in [4.69, 9.17) is 0 Å². The van der Waals surface area contributed by atoms with Crippen LogP contribution in [0.4, 0.5) is 11.4 Å². The number of hydrogen-bond donors (Lipinski definition) is 1. The predicted octanol–water partition coefficient (Wildman–Crippen LogP) is 8.51. The fourth-order valence-corrected chi connectivity index (χ4v) is 6.86. The van der Waals surface area contributed by atoms with Crippen LogP contribution in [0.15, 0.2) is 112 Å². The molecular formula is C34H22N2O3S. The average Bonchev–Trinajstić information content (AvgIpc) is 2.97. The normalized spacial score (nSPS) is 13.7. The lowest BCUT2D eigenvalue weighted by Gasteiger charge is -2.22. The lowest BCUT2D eigenvalue weighted by atomic mass is 9.81. The third kappa shape index (κ3) is 3.47. The summed E-state index contributed by atoms with van der Waals surface area (Å²) in [6, 6.07) is 31.8. The molecule has 7 aromatic rings. The maximum Gasteiger partial charge on any atom is 0.294 e. The molecule has 192 valence electrons. The first-order valence-corrected chi connectivity index (χ1v) is 14.6. The molecule has 0 aliphatic heterocycles. The summed E-state index contributed by atoms with van der Waals surface area (Å²) in [5.74, 6) is 0. The van der Waals surface area contributed by atoms with E-state index in [1.54, 1.807) is 0 Å². The molecule has 0 aromatic heterocycles. The molecule has 7 aromatic carbocycles. The monoisotopic (exact) mass is 538 g/mol. The third-order valence-corrected chi connectivity index (χ3v) is 8.98. The maximum absolute atomic E-state index is 11.3. The Morgan fingerprint density at radius 2 is 1.35 bits per heavy atom. The minimum atomic E-state index is -4.24. The molecule has 0 heterocycles. The first-order chi connectivity index (χ1) is 19.5. The zero-order chi connectivity index (χ0) is 27.0. The first kappa shape index (κ1) is 23.3. The molecule has 0 amide bonds. The SMILES string of the molecule is O=S(=O)(O)c1ccc(N=Nc2ccc(-c3c4cccc5ccc6cc7c8c(ccc3c8c6c54)CCC=7)cc2)cc1. The Labute approximate surface area is 230 Å². The standard InChI is InChI=1S/C34H22N2O3S/c37-40(38,39)27-16-14-26(15-17-27)36-35-25-12-9-22(10-13-25)31-28-6-2-4-21-7-8-24-19-23-5-1-3-20-11-18-29(31)34(30(20)23)33(24)32(21)28/h2,4-19H,1,3H2,(H,37,38,39). The first-order valence-electron chi connectivity index (χ1n) is 13.2. The van der Waals surface area contributed by atoms with Crippen LogP contribution in [0.2, 0.25) is 0 Å². The molecule has 0 unspecified atom stereocenters. The smallest absolute Gasteiger partial charge is 0.282 e. The molecule has 0 spiro atoms. The quantitative estimate of drug-likeness (QED) is 0.106. The molecule has 0 radical (unpaired) electrons. The van der Waals surface area contributed by atoms with Crippen molar-refractivity contribution in [3.63, 3.8) is 0 Å². The summed E-state index contributed by atoms with van der Waals surface area (Å²) in [6.45, 7) is 0. The fraction of sp³-hybridized carbons (Fsp3) is 0.0588. The third-order valence-electron chi connectivity index (χ3n) is 8.11. The molecule has 1 aliphatic rings. The molecule has 0 bridgehead atoms. The highest BCUT2D eigenvalue weighted by Crippen LogP contribution is 2.46. The molecule has 1 N–H and O–H groups in total. The molecule has 8 rings (SSSR count). The molecule has 0 atom stereocenters. The van der Waals surface area contributed by atoms with Crippen LogP contribution in [0.1, 0.15) is 12.0 Å². The van der Waals surface area contributed by atoms with Gasteiger partial charge < -0.3 is 0 Å². The Morgan fingerprint density at radius 1 is 0.650 bits per heavy atom. The number of hydrogen-bond acceptors (Lipinski definition) is 4. The Kier molecular flexibility index (Phi) is 4.90. The van der Waals surface area contributed by atoms with Crippen molar-refractivity contribution in [3.05, 3.63) is 108 Å². The number of rotatable bonds is 4. The highest BCUT2D eigenvalue weighted by Gasteiger charge is 2.21. The van der Waals surface area contributed by atoms with Crippen LogP contribution in [-0.4, -0.2) is 13.0 Å². The summed E-state index contributed by atoms with van der Waals surface area (Å²) >= 11 is 0. The van der Waals surface area contributed by atoms with Crippen molar-refractivity contribution < 1.29 is 13.0 Å². The fourth-order valence-electron chi connectivity index (χ4n) is 6.38. The van der Waals surface area contributed by atoms with Crippen molar-refractivity contribution in [2.45, 2.75) is 17.7 Å². The van der Waals surface area contributed by atoms with Crippen molar-refractivity contribution in [2.75, 3.05) is 0 Å². The maximum atomic E-state index is 11.3. The van der Waals surface area contributed by atoms with Gasteiger partial charge in [0.05, 0.1) is 16.3 Å². The van der Waals surface area contributed by atoms with E-state index < -0.39 is 10.1 Å². The van der Waals surface area contributed by atoms with Crippen LogP contribution in [0.5, 0.6) is 0 Å². The lowest BCUT2D eigenvalue weighted by molar-refractivity contribution is 0.483. The molecular weight excluding hydrogens is 516 g/mol. The van der Waals surface area contributed by atoms with Crippen LogP contribution >= 0.6 is 0 Å². The van der Waals surface area contributed by atoms with Gasteiger partial charge in [-0.15, -0.1) is 0 Å². The number of aryl methyl sites for hydroxylation is 1. The van der Waals surface area contributed by atoms with Gasteiger partial charge in [-0.05, 0) is 120 Å². The zero-order valence-corrected chi connectivity index (χ0v) is 22.1. The molecule has 5 nitrogen and oxygen atoms in total. The van der Waals surface area contributed by atoms with E-state index >= 15 is 0 Å². The van der Waals surface area contributed by atoms with Crippen molar-refractivity contribution in [1.82, 2.24) is 0 Å².